The lowest BCUT2D eigenvalue weighted by molar-refractivity contribution is 0.0956. The number of hydrogen-bond acceptors (Lipinski definition) is 3. The van der Waals surface area contributed by atoms with Crippen LogP contribution in [0.1, 0.15) is 36.0 Å². The van der Waals surface area contributed by atoms with E-state index in [0.717, 1.165) is 11.4 Å². The second kappa shape index (κ2) is 6.61. The molecule has 2 N–H and O–H groups in total. The Morgan fingerprint density at radius 3 is 2.50 bits per heavy atom. The summed E-state index contributed by atoms with van der Waals surface area (Å²) in [7, 11) is 0. The zero-order chi connectivity index (χ0) is 14.5. The van der Waals surface area contributed by atoms with Gasteiger partial charge in [0.05, 0.1) is 6.04 Å². The highest BCUT2D eigenvalue weighted by molar-refractivity contribution is 9.10. The number of hydrogen-bond donors (Lipinski definition) is 2. The number of halogens is 1. The summed E-state index contributed by atoms with van der Waals surface area (Å²) in [6, 6.07) is 11.2. The second-order valence-corrected chi connectivity index (χ2v) is 5.23. The smallest absolute Gasteiger partial charge is 0.251 e. The highest BCUT2D eigenvalue weighted by atomic mass is 79.9. The number of anilines is 1. The van der Waals surface area contributed by atoms with Crippen LogP contribution in [0.3, 0.4) is 0 Å². The number of carbonyl (C=O) groups excluding carboxylic acids is 1. The summed E-state index contributed by atoms with van der Waals surface area (Å²) in [4.78, 5) is 11.7. The van der Waals surface area contributed by atoms with Crippen LogP contribution >= 0.6 is 15.9 Å². The molecule has 0 aliphatic carbocycles. The molecule has 0 aliphatic heterocycles. The van der Waals surface area contributed by atoms with Crippen molar-refractivity contribution in [1.29, 1.82) is 0 Å². The largest absolute Gasteiger partial charge is 0.452 e. The first-order valence-corrected chi connectivity index (χ1v) is 7.29. The van der Waals surface area contributed by atoms with E-state index >= 15 is 0 Å². The van der Waals surface area contributed by atoms with Crippen molar-refractivity contribution >= 4 is 27.5 Å². The van der Waals surface area contributed by atoms with Gasteiger partial charge in [0, 0.05) is 17.8 Å². The third-order valence-corrected chi connectivity index (χ3v) is 3.31. The van der Waals surface area contributed by atoms with Crippen molar-refractivity contribution < 1.29 is 9.21 Å². The van der Waals surface area contributed by atoms with Crippen molar-refractivity contribution in [3.63, 3.8) is 0 Å². The Hall–Kier alpha value is -1.75. The van der Waals surface area contributed by atoms with Crippen molar-refractivity contribution in [3.8, 4) is 0 Å². The molecule has 2 aromatic rings. The van der Waals surface area contributed by atoms with Crippen molar-refractivity contribution in [3.05, 3.63) is 52.4 Å². The van der Waals surface area contributed by atoms with Crippen LogP contribution in [0, 0.1) is 0 Å². The predicted molar refractivity (Wildman–Crippen MR) is 82.9 cm³/mol. The van der Waals surface area contributed by atoms with Crippen LogP contribution in [0.5, 0.6) is 0 Å². The molecule has 0 radical (unpaired) electrons. The molecule has 0 saturated carbocycles. The van der Waals surface area contributed by atoms with Gasteiger partial charge in [-0.15, -0.1) is 0 Å². The zero-order valence-corrected chi connectivity index (χ0v) is 13.0. The normalized spacial score (nSPS) is 11.9. The maximum absolute atomic E-state index is 11.7. The van der Waals surface area contributed by atoms with Gasteiger partial charge in [-0.2, -0.15) is 0 Å². The number of carbonyl (C=O) groups is 1. The Bertz CT molecular complexity index is 578. The van der Waals surface area contributed by atoms with E-state index in [1.165, 1.54) is 0 Å². The maximum Gasteiger partial charge on any atom is 0.251 e. The molecule has 1 unspecified atom stereocenters. The molecule has 1 heterocycles. The van der Waals surface area contributed by atoms with E-state index in [0.29, 0.717) is 16.8 Å². The highest BCUT2D eigenvalue weighted by Gasteiger charge is 2.10. The fraction of sp³-hybridized carbons (Fsp3) is 0.267. The Labute approximate surface area is 126 Å². The van der Waals surface area contributed by atoms with Crippen LogP contribution in [0.4, 0.5) is 5.69 Å². The molecule has 0 fully saturated rings. The molecule has 20 heavy (non-hydrogen) atoms. The summed E-state index contributed by atoms with van der Waals surface area (Å²) >= 11 is 3.29. The monoisotopic (exact) mass is 336 g/mol. The minimum Gasteiger partial charge on any atom is -0.452 e. The van der Waals surface area contributed by atoms with E-state index < -0.39 is 0 Å². The van der Waals surface area contributed by atoms with E-state index in [1.54, 1.807) is 12.1 Å². The Morgan fingerprint density at radius 1 is 1.25 bits per heavy atom. The van der Waals surface area contributed by atoms with Gasteiger partial charge in [-0.25, -0.2) is 0 Å². The van der Waals surface area contributed by atoms with Crippen LogP contribution < -0.4 is 10.6 Å². The van der Waals surface area contributed by atoms with Gasteiger partial charge in [-0.3, -0.25) is 4.79 Å². The van der Waals surface area contributed by atoms with Gasteiger partial charge in [0.1, 0.15) is 5.76 Å². The van der Waals surface area contributed by atoms with Crippen LogP contribution in [0.2, 0.25) is 0 Å². The summed E-state index contributed by atoms with van der Waals surface area (Å²) in [5.74, 6) is 0.798. The lowest BCUT2D eigenvalue weighted by Gasteiger charge is -2.13. The number of benzene rings is 1. The van der Waals surface area contributed by atoms with Crippen molar-refractivity contribution in [2.24, 2.45) is 0 Å². The first-order valence-electron chi connectivity index (χ1n) is 6.50. The highest BCUT2D eigenvalue weighted by Crippen LogP contribution is 2.23. The van der Waals surface area contributed by atoms with E-state index in [2.05, 4.69) is 26.6 Å². The van der Waals surface area contributed by atoms with Crippen molar-refractivity contribution in [2.45, 2.75) is 19.9 Å². The molecule has 0 saturated heterocycles. The first kappa shape index (κ1) is 14.7. The first-order chi connectivity index (χ1) is 9.60. The van der Waals surface area contributed by atoms with E-state index in [9.17, 15) is 4.79 Å². The molecule has 4 nitrogen and oxygen atoms in total. The van der Waals surface area contributed by atoms with Gasteiger partial charge in [0.15, 0.2) is 4.67 Å². The van der Waals surface area contributed by atoms with Gasteiger partial charge in [0.25, 0.3) is 5.91 Å². The fourth-order valence-corrected chi connectivity index (χ4v) is 2.18. The Kier molecular flexibility index (Phi) is 4.84. The van der Waals surface area contributed by atoms with E-state index in [-0.39, 0.29) is 11.9 Å². The van der Waals surface area contributed by atoms with Gasteiger partial charge in [0.2, 0.25) is 0 Å². The number of amides is 1. The molecule has 1 aromatic carbocycles. The molecular weight excluding hydrogens is 320 g/mol. The summed E-state index contributed by atoms with van der Waals surface area (Å²) in [6.07, 6.45) is 0. The predicted octanol–water partition coefficient (Wildman–Crippen LogP) is 3.96. The van der Waals surface area contributed by atoms with Gasteiger partial charge < -0.3 is 15.1 Å². The van der Waals surface area contributed by atoms with E-state index in [4.69, 9.17) is 4.42 Å². The molecule has 1 amide bonds. The molecular formula is C15H17BrN2O2. The zero-order valence-electron chi connectivity index (χ0n) is 11.4. The van der Waals surface area contributed by atoms with Gasteiger partial charge in [-0.1, -0.05) is 0 Å². The third kappa shape index (κ3) is 3.63. The van der Waals surface area contributed by atoms with Crippen LogP contribution in [-0.4, -0.2) is 12.5 Å². The average Bonchev–Trinajstić information content (AvgIpc) is 2.86. The lowest BCUT2D eigenvalue weighted by Crippen LogP contribution is -2.22. The molecule has 0 bridgehead atoms. The number of nitrogens with one attached hydrogen (secondary N) is 2. The molecule has 0 spiro atoms. The molecule has 1 atom stereocenters. The van der Waals surface area contributed by atoms with E-state index in [1.807, 2.05) is 38.1 Å². The lowest BCUT2D eigenvalue weighted by atomic mass is 10.1. The average molecular weight is 337 g/mol. The molecule has 1 aromatic heterocycles. The van der Waals surface area contributed by atoms with Crippen molar-refractivity contribution in [1.82, 2.24) is 5.32 Å². The minimum absolute atomic E-state index is 0.0524. The number of furan rings is 1. The molecule has 2 rings (SSSR count). The Morgan fingerprint density at radius 2 is 1.95 bits per heavy atom. The maximum atomic E-state index is 11.7. The number of rotatable bonds is 5. The third-order valence-electron chi connectivity index (χ3n) is 2.89. The molecule has 106 valence electrons. The molecule has 0 aliphatic rings. The summed E-state index contributed by atoms with van der Waals surface area (Å²) < 4.78 is 6.22. The SMILES string of the molecule is CCNC(=O)c1ccc(NC(C)c2ccc(Br)o2)cc1. The van der Waals surface area contributed by atoms with Gasteiger partial charge >= 0.3 is 0 Å². The molecule has 5 heteroatoms. The quantitative estimate of drug-likeness (QED) is 0.868. The Balaban J connectivity index is 2.01. The fourth-order valence-electron chi connectivity index (χ4n) is 1.86. The van der Waals surface area contributed by atoms with Gasteiger partial charge in [-0.05, 0) is 66.2 Å². The standard InChI is InChI=1S/C15H17BrN2O2/c1-3-17-15(19)11-4-6-12(7-5-11)18-10(2)13-8-9-14(16)20-13/h4-10,18H,3H2,1-2H3,(H,17,19). The minimum atomic E-state index is -0.0536. The van der Waals surface area contributed by atoms with Crippen LogP contribution in [0.25, 0.3) is 0 Å². The summed E-state index contributed by atoms with van der Waals surface area (Å²) in [5, 5.41) is 6.09. The second-order valence-electron chi connectivity index (χ2n) is 4.44. The summed E-state index contributed by atoms with van der Waals surface area (Å²) in [5.41, 5.74) is 1.60. The summed E-state index contributed by atoms with van der Waals surface area (Å²) in [6.45, 7) is 4.54. The van der Waals surface area contributed by atoms with Crippen molar-refractivity contribution in [2.75, 3.05) is 11.9 Å². The van der Waals surface area contributed by atoms with Crippen LogP contribution in [0.15, 0.2) is 45.5 Å². The topological polar surface area (TPSA) is 54.3 Å². The van der Waals surface area contributed by atoms with Crippen LogP contribution in [-0.2, 0) is 0 Å².